The largest absolute Gasteiger partial charge is 0.359 e. The summed E-state index contributed by atoms with van der Waals surface area (Å²) in [6, 6.07) is 7.69. The molecular weight excluding hydrogens is 254 g/mol. The number of nitrogens with one attached hydrogen (secondary N) is 3. The van der Waals surface area contributed by atoms with Crippen molar-refractivity contribution < 1.29 is 9.59 Å². The molecule has 0 radical (unpaired) electrons. The number of likely N-dealkylation sites (N-methyl/N-ethyl adjacent to an activating group) is 1. The van der Waals surface area contributed by atoms with E-state index in [0.29, 0.717) is 25.4 Å². The highest BCUT2D eigenvalue weighted by molar-refractivity contribution is 5.90. The van der Waals surface area contributed by atoms with E-state index in [1.807, 2.05) is 38.1 Å². The van der Waals surface area contributed by atoms with Gasteiger partial charge in [0.2, 0.25) is 11.8 Å². The lowest BCUT2D eigenvalue weighted by atomic mass is 10.1. The minimum atomic E-state index is -0.0263. The third kappa shape index (κ3) is 6.33. The molecule has 0 bridgehead atoms. The molecule has 0 spiro atoms. The van der Waals surface area contributed by atoms with E-state index in [9.17, 15) is 9.59 Å². The molecule has 1 rings (SSSR count). The predicted molar refractivity (Wildman–Crippen MR) is 80.6 cm³/mol. The molecule has 1 aromatic carbocycles. The second kappa shape index (κ2) is 8.32. The van der Waals surface area contributed by atoms with Crippen LogP contribution in [0.2, 0.25) is 0 Å². The van der Waals surface area contributed by atoms with Crippen LogP contribution in [0, 0.1) is 0 Å². The molecule has 2 amide bonds. The lowest BCUT2D eigenvalue weighted by Gasteiger charge is -2.09. The first-order valence-electron chi connectivity index (χ1n) is 6.84. The van der Waals surface area contributed by atoms with Gasteiger partial charge in [-0.25, -0.2) is 0 Å². The number of carbonyl (C=O) groups is 2. The Labute approximate surface area is 120 Å². The summed E-state index contributed by atoms with van der Waals surface area (Å²) in [6.07, 6.45) is 0.793. The van der Waals surface area contributed by atoms with Crippen LogP contribution in [-0.4, -0.2) is 31.4 Å². The average molecular weight is 277 g/mol. The van der Waals surface area contributed by atoms with Crippen LogP contribution in [0.15, 0.2) is 24.3 Å². The smallest absolute Gasteiger partial charge is 0.225 e. The van der Waals surface area contributed by atoms with Gasteiger partial charge in [-0.05, 0) is 17.7 Å². The fourth-order valence-corrected chi connectivity index (χ4v) is 1.68. The number of rotatable bonds is 7. The van der Waals surface area contributed by atoms with E-state index in [1.54, 1.807) is 7.05 Å². The average Bonchev–Trinajstić information content (AvgIpc) is 2.40. The van der Waals surface area contributed by atoms with Crippen LogP contribution < -0.4 is 16.0 Å². The highest BCUT2D eigenvalue weighted by atomic mass is 16.2. The molecule has 5 heteroatoms. The molecule has 3 N–H and O–H groups in total. The van der Waals surface area contributed by atoms with Gasteiger partial charge in [-0.3, -0.25) is 9.59 Å². The zero-order valence-corrected chi connectivity index (χ0v) is 12.3. The molecule has 20 heavy (non-hydrogen) atoms. The van der Waals surface area contributed by atoms with E-state index < -0.39 is 0 Å². The van der Waals surface area contributed by atoms with Crippen molar-refractivity contribution in [3.8, 4) is 0 Å². The Balaban J connectivity index is 2.40. The normalized spacial score (nSPS) is 10.4. The third-order valence-electron chi connectivity index (χ3n) is 2.79. The summed E-state index contributed by atoms with van der Waals surface area (Å²) in [5, 5.41) is 8.60. The Morgan fingerprint density at radius 3 is 2.30 bits per heavy atom. The molecule has 0 unspecified atom stereocenters. The molecule has 0 saturated carbocycles. The molecule has 0 atom stereocenters. The maximum atomic E-state index is 11.7. The topological polar surface area (TPSA) is 70.2 Å². The van der Waals surface area contributed by atoms with Crippen molar-refractivity contribution in [1.29, 1.82) is 0 Å². The van der Waals surface area contributed by atoms with Gasteiger partial charge in [0.1, 0.15) is 0 Å². The minimum absolute atomic E-state index is 0.0165. The SMILES string of the molecule is CNC(=O)Cc1ccc(NC(=O)CCNC(C)C)cc1. The first-order chi connectivity index (χ1) is 9.51. The maximum absolute atomic E-state index is 11.7. The number of hydrogen-bond donors (Lipinski definition) is 3. The fraction of sp³-hybridized carbons (Fsp3) is 0.467. The minimum Gasteiger partial charge on any atom is -0.359 e. The standard InChI is InChI=1S/C15H23N3O2/c1-11(2)17-9-8-14(19)18-13-6-4-12(5-7-13)10-15(20)16-3/h4-7,11,17H,8-10H2,1-3H3,(H,16,20)(H,18,19). The molecule has 1 aromatic rings. The highest BCUT2D eigenvalue weighted by Crippen LogP contribution is 2.10. The number of carbonyl (C=O) groups excluding carboxylic acids is 2. The van der Waals surface area contributed by atoms with Gasteiger partial charge >= 0.3 is 0 Å². The van der Waals surface area contributed by atoms with E-state index in [-0.39, 0.29) is 11.8 Å². The van der Waals surface area contributed by atoms with Gasteiger partial charge in [0.05, 0.1) is 6.42 Å². The number of benzene rings is 1. The van der Waals surface area contributed by atoms with Crippen molar-refractivity contribution in [2.24, 2.45) is 0 Å². The first kappa shape index (κ1) is 16.2. The molecular formula is C15H23N3O2. The molecule has 0 fully saturated rings. The predicted octanol–water partition coefficient (Wildman–Crippen LogP) is 1.30. The van der Waals surface area contributed by atoms with E-state index in [4.69, 9.17) is 0 Å². The molecule has 0 aromatic heterocycles. The summed E-state index contributed by atoms with van der Waals surface area (Å²) >= 11 is 0. The summed E-state index contributed by atoms with van der Waals surface area (Å²) in [5.41, 5.74) is 1.67. The number of amides is 2. The van der Waals surface area contributed by atoms with Gasteiger partial charge in [0.15, 0.2) is 0 Å². The number of hydrogen-bond acceptors (Lipinski definition) is 3. The van der Waals surface area contributed by atoms with Gasteiger partial charge < -0.3 is 16.0 Å². The summed E-state index contributed by atoms with van der Waals surface area (Å²) < 4.78 is 0. The van der Waals surface area contributed by atoms with Gasteiger partial charge in [-0.1, -0.05) is 26.0 Å². The fourth-order valence-electron chi connectivity index (χ4n) is 1.68. The molecule has 0 saturated heterocycles. The molecule has 5 nitrogen and oxygen atoms in total. The second-order valence-electron chi connectivity index (χ2n) is 4.95. The lowest BCUT2D eigenvalue weighted by molar-refractivity contribution is -0.120. The first-order valence-corrected chi connectivity index (χ1v) is 6.84. The van der Waals surface area contributed by atoms with Crippen LogP contribution in [0.25, 0.3) is 0 Å². The van der Waals surface area contributed by atoms with E-state index in [2.05, 4.69) is 16.0 Å². The number of anilines is 1. The maximum Gasteiger partial charge on any atom is 0.225 e. The summed E-state index contributed by atoms with van der Waals surface area (Å²) in [6.45, 7) is 4.75. The zero-order chi connectivity index (χ0) is 15.0. The van der Waals surface area contributed by atoms with Gasteiger partial charge in [-0.15, -0.1) is 0 Å². The quantitative estimate of drug-likeness (QED) is 0.703. The van der Waals surface area contributed by atoms with Crippen LogP contribution in [0.5, 0.6) is 0 Å². The van der Waals surface area contributed by atoms with Crippen molar-refractivity contribution >= 4 is 17.5 Å². The van der Waals surface area contributed by atoms with E-state index >= 15 is 0 Å². The van der Waals surface area contributed by atoms with Gasteiger partial charge in [0.25, 0.3) is 0 Å². The van der Waals surface area contributed by atoms with Crippen molar-refractivity contribution in [3.05, 3.63) is 29.8 Å². The summed E-state index contributed by atoms with van der Waals surface area (Å²) in [7, 11) is 1.61. The highest BCUT2D eigenvalue weighted by Gasteiger charge is 2.04. The van der Waals surface area contributed by atoms with Crippen molar-refractivity contribution in [2.75, 3.05) is 18.9 Å². The molecule has 110 valence electrons. The van der Waals surface area contributed by atoms with E-state index in [1.165, 1.54) is 0 Å². The molecule has 0 aliphatic carbocycles. The van der Waals surface area contributed by atoms with Gasteiger partial charge in [-0.2, -0.15) is 0 Å². The Kier molecular flexibility index (Phi) is 6.73. The molecule has 0 heterocycles. The van der Waals surface area contributed by atoms with Crippen LogP contribution >= 0.6 is 0 Å². The van der Waals surface area contributed by atoms with Crippen LogP contribution in [0.1, 0.15) is 25.8 Å². The van der Waals surface area contributed by atoms with Crippen molar-refractivity contribution in [2.45, 2.75) is 32.7 Å². The molecule has 0 aliphatic heterocycles. The molecule has 0 aliphatic rings. The van der Waals surface area contributed by atoms with Crippen LogP contribution in [-0.2, 0) is 16.0 Å². The Morgan fingerprint density at radius 2 is 1.75 bits per heavy atom. The zero-order valence-electron chi connectivity index (χ0n) is 12.3. The second-order valence-corrected chi connectivity index (χ2v) is 4.95. The summed E-state index contributed by atoms with van der Waals surface area (Å²) in [5.74, 6) is -0.0428. The lowest BCUT2D eigenvalue weighted by Crippen LogP contribution is -2.27. The van der Waals surface area contributed by atoms with Crippen LogP contribution in [0.4, 0.5) is 5.69 Å². The van der Waals surface area contributed by atoms with Crippen molar-refractivity contribution in [3.63, 3.8) is 0 Å². The van der Waals surface area contributed by atoms with Crippen molar-refractivity contribution in [1.82, 2.24) is 10.6 Å². The third-order valence-corrected chi connectivity index (χ3v) is 2.79. The van der Waals surface area contributed by atoms with E-state index in [0.717, 1.165) is 11.3 Å². The Hall–Kier alpha value is -1.88. The summed E-state index contributed by atoms with van der Waals surface area (Å²) in [4.78, 5) is 22.9. The Bertz CT molecular complexity index is 441. The Morgan fingerprint density at radius 1 is 1.10 bits per heavy atom. The van der Waals surface area contributed by atoms with Crippen LogP contribution in [0.3, 0.4) is 0 Å². The monoisotopic (exact) mass is 277 g/mol. The van der Waals surface area contributed by atoms with Gasteiger partial charge in [0, 0.05) is 31.7 Å².